The lowest BCUT2D eigenvalue weighted by Gasteiger charge is -2.18. The fourth-order valence-electron chi connectivity index (χ4n) is 3.11. The molecule has 11 nitrogen and oxygen atoms in total. The first kappa shape index (κ1) is 18.0. The van der Waals surface area contributed by atoms with E-state index in [-0.39, 0.29) is 22.8 Å². The molecule has 0 atom stereocenters. The van der Waals surface area contributed by atoms with Gasteiger partial charge in [-0.15, -0.1) is 0 Å². The Morgan fingerprint density at radius 1 is 0.897 bits per heavy atom. The number of hydrogen-bond donors (Lipinski definition) is 0. The Balaban J connectivity index is 2.16. The zero-order chi connectivity index (χ0) is 20.9. The molecule has 0 spiro atoms. The minimum atomic E-state index is -0.764. The Morgan fingerprint density at radius 2 is 1.52 bits per heavy atom. The first-order valence-corrected chi connectivity index (χ1v) is 8.23. The molecular weight excluding hydrogens is 382 g/mol. The van der Waals surface area contributed by atoms with Gasteiger partial charge in [-0.05, 0) is 24.3 Å². The second-order valence-electron chi connectivity index (χ2n) is 6.25. The number of hydrogen-bond acceptors (Lipinski definition) is 7. The van der Waals surface area contributed by atoms with Gasteiger partial charge in [0.2, 0.25) is 0 Å². The van der Waals surface area contributed by atoms with Crippen molar-refractivity contribution in [3.05, 3.63) is 89.6 Å². The number of rotatable bonds is 3. The van der Waals surface area contributed by atoms with E-state index in [0.29, 0.717) is 16.6 Å². The Hall–Kier alpha value is -4.41. The first-order chi connectivity index (χ1) is 13.8. The highest BCUT2D eigenvalue weighted by atomic mass is 16.6. The number of fused-ring (bicyclic) bond motifs is 2. The summed E-state index contributed by atoms with van der Waals surface area (Å²) in [5, 5.41) is 22.5. The molecule has 0 fully saturated rings. The number of non-ortho nitro benzene ring substituents is 2. The summed E-state index contributed by atoms with van der Waals surface area (Å²) < 4.78 is 2.31. The molecule has 2 aromatic carbocycles. The van der Waals surface area contributed by atoms with Crippen LogP contribution < -0.4 is 11.2 Å². The van der Waals surface area contributed by atoms with E-state index in [4.69, 9.17) is 0 Å². The van der Waals surface area contributed by atoms with Crippen molar-refractivity contribution in [1.29, 1.82) is 0 Å². The van der Waals surface area contributed by atoms with Gasteiger partial charge in [0.15, 0.2) is 5.82 Å². The summed E-state index contributed by atoms with van der Waals surface area (Å²) >= 11 is 0. The molecule has 0 aliphatic carbocycles. The van der Waals surface area contributed by atoms with Crippen LogP contribution in [0.4, 0.5) is 11.4 Å². The molecule has 0 aromatic heterocycles. The normalized spacial score (nSPS) is 11.1. The molecule has 4 rings (SSSR count). The van der Waals surface area contributed by atoms with Crippen LogP contribution in [0.3, 0.4) is 0 Å². The fraction of sp³-hybridized carbons (Fsp3) is 0.0556. The molecule has 2 aliphatic heterocycles. The lowest BCUT2D eigenvalue weighted by Crippen LogP contribution is -2.35. The summed E-state index contributed by atoms with van der Waals surface area (Å²) in [5.74, 6) is 0.0494. The molecule has 2 heterocycles. The van der Waals surface area contributed by atoms with Crippen molar-refractivity contribution in [2.24, 2.45) is 7.05 Å². The largest absolute Gasteiger partial charge is 0.352 e. The van der Waals surface area contributed by atoms with Gasteiger partial charge in [-0.25, -0.2) is 4.79 Å². The van der Waals surface area contributed by atoms with Gasteiger partial charge < -0.3 is 0 Å². The van der Waals surface area contributed by atoms with Crippen molar-refractivity contribution >= 4 is 22.3 Å². The van der Waals surface area contributed by atoms with Crippen molar-refractivity contribution in [3.8, 4) is 17.1 Å². The van der Waals surface area contributed by atoms with Crippen LogP contribution in [0.1, 0.15) is 0 Å². The Labute approximate surface area is 160 Å². The highest BCUT2D eigenvalue weighted by Gasteiger charge is 2.21. The molecule has 29 heavy (non-hydrogen) atoms. The van der Waals surface area contributed by atoms with Crippen molar-refractivity contribution in [2.45, 2.75) is 0 Å². The highest BCUT2D eigenvalue weighted by Crippen LogP contribution is 2.30. The quantitative estimate of drug-likeness (QED) is 0.294. The maximum atomic E-state index is 12.6. The van der Waals surface area contributed by atoms with Crippen molar-refractivity contribution < 1.29 is 9.85 Å². The second-order valence-corrected chi connectivity index (χ2v) is 6.25. The van der Waals surface area contributed by atoms with E-state index in [0.717, 1.165) is 4.57 Å². The average Bonchev–Trinajstić information content (AvgIpc) is 2.70. The Kier molecular flexibility index (Phi) is 3.93. The lowest BCUT2D eigenvalue weighted by molar-refractivity contribution is -0.385. The smallest absolute Gasteiger partial charge is 0.294 e. The Bertz CT molecular complexity index is 1400. The van der Waals surface area contributed by atoms with E-state index < -0.39 is 21.1 Å². The van der Waals surface area contributed by atoms with Gasteiger partial charge in [0, 0.05) is 42.4 Å². The topological polar surface area (TPSA) is 143 Å². The predicted octanol–water partition coefficient (Wildman–Crippen LogP) is 2.01. The molecule has 0 saturated heterocycles. The minimum absolute atomic E-state index is 0.0494. The molecule has 2 aromatic rings. The molecule has 0 amide bonds. The van der Waals surface area contributed by atoms with Gasteiger partial charge in [0.05, 0.1) is 20.9 Å². The van der Waals surface area contributed by atoms with Crippen LogP contribution in [0.25, 0.3) is 28.0 Å². The molecule has 0 unspecified atom stereocenters. The van der Waals surface area contributed by atoms with Crippen LogP contribution in [0, 0.1) is 20.2 Å². The van der Waals surface area contributed by atoms with Crippen LogP contribution in [0.15, 0.2) is 58.1 Å². The average molecular weight is 393 g/mol. The molecule has 0 saturated carbocycles. The monoisotopic (exact) mass is 393 g/mol. The maximum absolute atomic E-state index is 12.6. The van der Waals surface area contributed by atoms with Gasteiger partial charge in [0.1, 0.15) is 0 Å². The van der Waals surface area contributed by atoms with Crippen LogP contribution in [-0.2, 0) is 7.05 Å². The summed E-state index contributed by atoms with van der Waals surface area (Å²) in [6, 6.07) is 10.9. The maximum Gasteiger partial charge on any atom is 0.352 e. The van der Waals surface area contributed by atoms with E-state index in [9.17, 15) is 29.8 Å². The first-order valence-electron chi connectivity index (χ1n) is 8.23. The van der Waals surface area contributed by atoms with Crippen molar-refractivity contribution in [2.75, 3.05) is 0 Å². The number of benzene rings is 2. The summed E-state index contributed by atoms with van der Waals surface area (Å²) in [7, 11) is 1.28. The van der Waals surface area contributed by atoms with E-state index in [1.165, 1.54) is 60.1 Å². The lowest BCUT2D eigenvalue weighted by atomic mass is 10.1. The number of pyridine rings is 1. The standard InChI is InChI=1S/C18H11N5O6/c1-20-17(24)14-9-10-8-13(23(28)29)6-7-15(10)21(16(14)19-18(20)25)11-2-4-12(5-3-11)22(26)27/h2-9H,1H3. The summed E-state index contributed by atoms with van der Waals surface area (Å²) in [6.45, 7) is 0. The number of nitro benzene ring substituents is 2. The van der Waals surface area contributed by atoms with E-state index in [1.807, 2.05) is 0 Å². The molecule has 0 radical (unpaired) electrons. The third-order valence-corrected chi connectivity index (χ3v) is 4.56. The van der Waals surface area contributed by atoms with Gasteiger partial charge in [0.25, 0.3) is 16.9 Å². The highest BCUT2D eigenvalue weighted by molar-refractivity contribution is 5.89. The molecular formula is C18H11N5O6. The zero-order valence-electron chi connectivity index (χ0n) is 14.8. The van der Waals surface area contributed by atoms with Crippen molar-refractivity contribution in [3.63, 3.8) is 0 Å². The van der Waals surface area contributed by atoms with Crippen LogP contribution in [0.5, 0.6) is 0 Å². The SMILES string of the molecule is Cn1c(=O)nc2n(-c3ccc([N+](=O)[O-])cc3)c3ccc([N+](=O)[O-])cc3cc-2c1=O. The van der Waals surface area contributed by atoms with Crippen LogP contribution >= 0.6 is 0 Å². The molecule has 2 aliphatic rings. The predicted molar refractivity (Wildman–Crippen MR) is 103 cm³/mol. The molecule has 144 valence electrons. The second kappa shape index (κ2) is 6.34. The van der Waals surface area contributed by atoms with Gasteiger partial charge in [-0.2, -0.15) is 4.98 Å². The van der Waals surface area contributed by atoms with Crippen LogP contribution in [-0.4, -0.2) is 24.0 Å². The molecule has 11 heteroatoms. The summed E-state index contributed by atoms with van der Waals surface area (Å²) in [5.41, 5.74) is -0.750. The fourth-order valence-corrected chi connectivity index (χ4v) is 3.11. The van der Waals surface area contributed by atoms with E-state index >= 15 is 0 Å². The van der Waals surface area contributed by atoms with Gasteiger partial charge in [-0.3, -0.25) is 34.2 Å². The van der Waals surface area contributed by atoms with Gasteiger partial charge >= 0.3 is 5.69 Å². The van der Waals surface area contributed by atoms with E-state index in [1.54, 1.807) is 0 Å². The number of nitro groups is 2. The summed E-state index contributed by atoms with van der Waals surface area (Å²) in [4.78, 5) is 49.7. The Morgan fingerprint density at radius 3 is 2.14 bits per heavy atom. The molecule has 0 N–H and O–H groups in total. The zero-order valence-corrected chi connectivity index (χ0v) is 14.8. The third-order valence-electron chi connectivity index (χ3n) is 4.56. The minimum Gasteiger partial charge on any atom is -0.294 e. The third kappa shape index (κ3) is 2.81. The van der Waals surface area contributed by atoms with Gasteiger partial charge in [-0.1, -0.05) is 0 Å². The number of nitrogens with zero attached hydrogens (tertiary/aromatic N) is 5. The van der Waals surface area contributed by atoms with E-state index in [2.05, 4.69) is 4.98 Å². The van der Waals surface area contributed by atoms with Crippen LogP contribution in [0.2, 0.25) is 0 Å². The summed E-state index contributed by atoms with van der Waals surface area (Å²) in [6.07, 6.45) is 0. The number of aromatic nitrogens is 3. The van der Waals surface area contributed by atoms with Crippen molar-refractivity contribution in [1.82, 2.24) is 14.1 Å². The molecule has 0 bridgehead atoms.